The third-order valence-corrected chi connectivity index (χ3v) is 4.06. The summed E-state index contributed by atoms with van der Waals surface area (Å²) in [5.41, 5.74) is 2.22. The van der Waals surface area contributed by atoms with Gasteiger partial charge in [-0.3, -0.25) is 4.79 Å². The predicted octanol–water partition coefficient (Wildman–Crippen LogP) is 2.93. The molecule has 30 heavy (non-hydrogen) atoms. The molecule has 3 rings (SSSR count). The van der Waals surface area contributed by atoms with Gasteiger partial charge >= 0.3 is 0 Å². The lowest BCUT2D eigenvalue weighted by Crippen LogP contribution is -2.09. The molecular weight excluding hydrogens is 386 g/mol. The minimum atomic E-state index is 0.126. The number of terminal acetylenes is 1. The molecular formula is C22H21N3O5. The molecule has 1 heterocycles. The van der Waals surface area contributed by atoms with Gasteiger partial charge in [-0.2, -0.15) is 0 Å². The van der Waals surface area contributed by atoms with E-state index in [-0.39, 0.29) is 13.2 Å². The zero-order valence-electron chi connectivity index (χ0n) is 16.5. The van der Waals surface area contributed by atoms with Crippen LogP contribution in [0.2, 0.25) is 0 Å². The smallest absolute Gasteiger partial charge is 0.293 e. The fraction of sp³-hybridized carbons (Fsp3) is 0.227. The molecule has 1 aromatic heterocycles. The molecule has 154 valence electrons. The van der Waals surface area contributed by atoms with Crippen LogP contribution in [0.25, 0.3) is 10.9 Å². The summed E-state index contributed by atoms with van der Waals surface area (Å²) >= 11 is 0. The first kappa shape index (κ1) is 20.9. The Morgan fingerprint density at radius 2 is 1.87 bits per heavy atom. The fourth-order valence-corrected chi connectivity index (χ4v) is 2.70. The van der Waals surface area contributed by atoms with E-state index in [1.54, 1.807) is 19.2 Å². The van der Waals surface area contributed by atoms with Crippen molar-refractivity contribution < 1.29 is 23.7 Å². The predicted molar refractivity (Wildman–Crippen MR) is 112 cm³/mol. The van der Waals surface area contributed by atoms with Gasteiger partial charge in [-0.05, 0) is 24.3 Å². The highest BCUT2D eigenvalue weighted by Gasteiger charge is 2.13. The Hall–Kier alpha value is -3.83. The van der Waals surface area contributed by atoms with Crippen LogP contribution in [0.1, 0.15) is 5.56 Å². The average molecular weight is 407 g/mol. The number of hydrogen-bond donors (Lipinski definition) is 1. The van der Waals surface area contributed by atoms with E-state index < -0.39 is 0 Å². The lowest BCUT2D eigenvalue weighted by atomic mass is 10.2. The van der Waals surface area contributed by atoms with E-state index >= 15 is 0 Å². The summed E-state index contributed by atoms with van der Waals surface area (Å²) in [6.07, 6.45) is 6.94. The number of benzene rings is 2. The number of anilines is 2. The van der Waals surface area contributed by atoms with E-state index in [4.69, 9.17) is 20.6 Å². The number of methoxy groups -OCH3 is 1. The van der Waals surface area contributed by atoms with E-state index in [0.717, 1.165) is 16.6 Å². The van der Waals surface area contributed by atoms with Gasteiger partial charge in [0.1, 0.15) is 32.0 Å². The molecule has 0 aliphatic rings. The average Bonchev–Trinajstić information content (AvgIpc) is 2.77. The molecule has 0 bridgehead atoms. The first-order valence-electron chi connectivity index (χ1n) is 9.17. The number of rotatable bonds is 11. The highest BCUT2D eigenvalue weighted by atomic mass is 16.6. The molecule has 0 saturated carbocycles. The quantitative estimate of drug-likeness (QED) is 0.295. The third kappa shape index (κ3) is 5.37. The van der Waals surface area contributed by atoms with E-state index in [1.165, 1.54) is 6.33 Å². The van der Waals surface area contributed by atoms with Crippen LogP contribution in [0.4, 0.5) is 11.5 Å². The van der Waals surface area contributed by atoms with Crippen molar-refractivity contribution in [2.45, 2.75) is 0 Å². The zero-order valence-corrected chi connectivity index (χ0v) is 16.5. The Balaban J connectivity index is 1.93. The standard InChI is InChI=1S/C22H21N3O5/c1-3-16-5-4-6-17(11-16)25-22-18-12-20(29-9-7-27-2)21(30-10-8-28-15-26)13-19(18)23-14-24-22/h1,4-6,11-15H,7-10H2,2H3,(H,23,24,25). The van der Waals surface area contributed by atoms with Crippen LogP contribution >= 0.6 is 0 Å². The summed E-state index contributed by atoms with van der Waals surface area (Å²) in [7, 11) is 1.60. The van der Waals surface area contributed by atoms with Crippen molar-refractivity contribution in [3.05, 3.63) is 48.3 Å². The van der Waals surface area contributed by atoms with Gasteiger partial charge in [0, 0.05) is 29.8 Å². The molecule has 0 amide bonds. The third-order valence-electron chi connectivity index (χ3n) is 4.06. The van der Waals surface area contributed by atoms with Gasteiger partial charge in [0.25, 0.3) is 6.47 Å². The molecule has 0 aliphatic carbocycles. The van der Waals surface area contributed by atoms with Crippen molar-refractivity contribution in [3.8, 4) is 23.8 Å². The molecule has 0 unspecified atom stereocenters. The maximum atomic E-state index is 10.3. The molecule has 8 heteroatoms. The van der Waals surface area contributed by atoms with Gasteiger partial charge in [-0.25, -0.2) is 9.97 Å². The van der Waals surface area contributed by atoms with E-state index in [1.807, 2.05) is 24.3 Å². The van der Waals surface area contributed by atoms with Crippen molar-refractivity contribution in [3.63, 3.8) is 0 Å². The molecule has 0 radical (unpaired) electrons. The second kappa shape index (κ2) is 10.6. The molecule has 8 nitrogen and oxygen atoms in total. The van der Waals surface area contributed by atoms with Crippen molar-refractivity contribution in [2.24, 2.45) is 0 Å². The van der Waals surface area contributed by atoms with Gasteiger partial charge in [-0.1, -0.05) is 12.0 Å². The van der Waals surface area contributed by atoms with Crippen molar-refractivity contribution >= 4 is 28.9 Å². The Bertz CT molecular complexity index is 1050. The fourth-order valence-electron chi connectivity index (χ4n) is 2.70. The maximum Gasteiger partial charge on any atom is 0.293 e. The largest absolute Gasteiger partial charge is 0.487 e. The lowest BCUT2D eigenvalue weighted by molar-refractivity contribution is -0.129. The number of carbonyl (C=O) groups excluding carboxylic acids is 1. The number of nitrogens with zero attached hydrogens (tertiary/aromatic N) is 2. The van der Waals surface area contributed by atoms with Crippen molar-refractivity contribution in [1.82, 2.24) is 9.97 Å². The normalized spacial score (nSPS) is 10.3. The van der Waals surface area contributed by atoms with Gasteiger partial charge in [0.05, 0.1) is 12.1 Å². The summed E-state index contributed by atoms with van der Waals surface area (Å²) in [6.45, 7) is 1.44. The van der Waals surface area contributed by atoms with Crippen molar-refractivity contribution in [1.29, 1.82) is 0 Å². The van der Waals surface area contributed by atoms with Crippen molar-refractivity contribution in [2.75, 3.05) is 38.9 Å². The van der Waals surface area contributed by atoms with E-state index in [0.29, 0.717) is 42.5 Å². The number of hydrogen-bond acceptors (Lipinski definition) is 8. The minimum absolute atomic E-state index is 0.126. The minimum Gasteiger partial charge on any atom is -0.487 e. The molecule has 0 atom stereocenters. The molecule has 3 aromatic rings. The second-order valence-electron chi connectivity index (χ2n) is 6.05. The van der Waals surface area contributed by atoms with Crippen LogP contribution in [0, 0.1) is 12.3 Å². The zero-order chi connectivity index (χ0) is 21.2. The summed E-state index contributed by atoms with van der Waals surface area (Å²) < 4.78 is 21.2. The summed E-state index contributed by atoms with van der Waals surface area (Å²) in [6, 6.07) is 11.0. The first-order chi connectivity index (χ1) is 14.7. The van der Waals surface area contributed by atoms with Gasteiger partial charge in [-0.15, -0.1) is 6.42 Å². The van der Waals surface area contributed by atoms with Crippen LogP contribution in [0.15, 0.2) is 42.7 Å². The van der Waals surface area contributed by atoms with Gasteiger partial charge in [0.2, 0.25) is 0 Å². The first-order valence-corrected chi connectivity index (χ1v) is 9.17. The number of nitrogens with one attached hydrogen (secondary N) is 1. The molecule has 1 N–H and O–H groups in total. The van der Waals surface area contributed by atoms with Crippen LogP contribution in [0.5, 0.6) is 11.5 Å². The Labute approximate surface area is 174 Å². The lowest BCUT2D eigenvalue weighted by Gasteiger charge is -2.15. The number of carbonyl (C=O) groups is 1. The van der Waals surface area contributed by atoms with E-state index in [2.05, 4.69) is 25.9 Å². The van der Waals surface area contributed by atoms with Gasteiger partial charge < -0.3 is 24.3 Å². The Kier molecular flexibility index (Phi) is 7.41. The topological polar surface area (TPSA) is 91.8 Å². The SMILES string of the molecule is C#Cc1cccc(Nc2ncnc3cc(OCCOC=O)c(OCCOC)cc23)c1. The molecule has 0 aliphatic heterocycles. The van der Waals surface area contributed by atoms with Crippen LogP contribution < -0.4 is 14.8 Å². The molecule has 0 spiro atoms. The van der Waals surface area contributed by atoms with Crippen LogP contribution in [-0.2, 0) is 14.3 Å². The molecule has 0 fully saturated rings. The summed E-state index contributed by atoms with van der Waals surface area (Å²) in [5.74, 6) is 4.19. The monoisotopic (exact) mass is 407 g/mol. The van der Waals surface area contributed by atoms with Gasteiger partial charge in [0.15, 0.2) is 11.5 Å². The summed E-state index contributed by atoms with van der Waals surface area (Å²) in [5, 5.41) is 4.01. The van der Waals surface area contributed by atoms with E-state index in [9.17, 15) is 4.79 Å². The highest BCUT2D eigenvalue weighted by Crippen LogP contribution is 2.35. The van der Waals surface area contributed by atoms with Crippen LogP contribution in [0.3, 0.4) is 0 Å². The number of ether oxygens (including phenoxy) is 4. The molecule has 0 saturated heterocycles. The summed E-state index contributed by atoms with van der Waals surface area (Å²) in [4.78, 5) is 19.0. The second-order valence-corrected chi connectivity index (χ2v) is 6.05. The highest BCUT2D eigenvalue weighted by molar-refractivity contribution is 5.93. The van der Waals surface area contributed by atoms with Crippen LogP contribution in [-0.4, -0.2) is 50.0 Å². The number of aromatic nitrogens is 2. The maximum absolute atomic E-state index is 10.3. The Morgan fingerprint density at radius 1 is 1.07 bits per heavy atom. The Morgan fingerprint density at radius 3 is 2.63 bits per heavy atom. The number of fused-ring (bicyclic) bond motifs is 1. The molecule has 2 aromatic carbocycles.